The number of nitrogens with zero attached hydrogens (tertiary/aromatic N) is 2. The second-order valence-electron chi connectivity index (χ2n) is 4.39. The number of carbonyl (C=O) groups is 1. The number of hydrogen-bond donors (Lipinski definition) is 1. The molecule has 0 aliphatic carbocycles. The summed E-state index contributed by atoms with van der Waals surface area (Å²) < 4.78 is 14.9. The quantitative estimate of drug-likeness (QED) is 0.869. The van der Waals surface area contributed by atoms with Gasteiger partial charge in [-0.1, -0.05) is 18.2 Å². The number of carbonyl (C=O) groups excluding carboxylic acids is 1. The third-order valence-corrected chi connectivity index (χ3v) is 2.92. The number of allylic oxidation sites excluding steroid dienone is 1. The van der Waals surface area contributed by atoms with Gasteiger partial charge >= 0.3 is 0 Å². The van der Waals surface area contributed by atoms with Crippen molar-refractivity contribution in [1.29, 1.82) is 0 Å². The molecule has 1 N–H and O–H groups in total. The number of hydrogen-bond acceptors (Lipinski definition) is 2. The molecule has 0 spiro atoms. The summed E-state index contributed by atoms with van der Waals surface area (Å²) in [4.78, 5) is 16.0. The van der Waals surface area contributed by atoms with Gasteiger partial charge in [0, 0.05) is 19.4 Å². The van der Waals surface area contributed by atoms with E-state index in [-0.39, 0.29) is 11.7 Å². The number of halogens is 1. The summed E-state index contributed by atoms with van der Waals surface area (Å²) in [6.45, 7) is 1.77. The van der Waals surface area contributed by atoms with E-state index in [0.29, 0.717) is 5.82 Å². The second-order valence-corrected chi connectivity index (χ2v) is 4.39. The van der Waals surface area contributed by atoms with Gasteiger partial charge in [0.25, 0.3) is 0 Å². The Morgan fingerprint density at radius 1 is 1.40 bits per heavy atom. The highest BCUT2D eigenvalue weighted by Crippen LogP contribution is 2.20. The standard InChI is InChI=1S/C15H16FN3O/c1-3-4-13(20)18-14(15-17-9-10-19(15)2)11-5-7-12(16)8-6-11/h3-10,14H,1-2H3,(H,18,20)/b4-3+. The zero-order chi connectivity index (χ0) is 14.5. The number of rotatable bonds is 4. The summed E-state index contributed by atoms with van der Waals surface area (Å²) in [5.41, 5.74) is 0.776. The molecule has 0 aliphatic heterocycles. The fourth-order valence-electron chi connectivity index (χ4n) is 1.95. The Hall–Kier alpha value is -2.43. The molecule has 0 bridgehead atoms. The number of nitrogens with one attached hydrogen (secondary N) is 1. The molecule has 1 amide bonds. The third kappa shape index (κ3) is 3.12. The first-order valence-corrected chi connectivity index (χ1v) is 6.27. The summed E-state index contributed by atoms with van der Waals surface area (Å²) >= 11 is 0. The van der Waals surface area contributed by atoms with E-state index in [1.165, 1.54) is 18.2 Å². The van der Waals surface area contributed by atoms with Crippen LogP contribution in [0.25, 0.3) is 0 Å². The first-order chi connectivity index (χ1) is 9.61. The molecule has 1 heterocycles. The van der Waals surface area contributed by atoms with Crippen molar-refractivity contribution in [3.63, 3.8) is 0 Å². The van der Waals surface area contributed by atoms with Gasteiger partial charge in [0.15, 0.2) is 0 Å². The zero-order valence-electron chi connectivity index (χ0n) is 11.4. The van der Waals surface area contributed by atoms with Crippen molar-refractivity contribution in [1.82, 2.24) is 14.9 Å². The van der Waals surface area contributed by atoms with Gasteiger partial charge in [0.05, 0.1) is 0 Å². The van der Waals surface area contributed by atoms with Gasteiger partial charge in [-0.15, -0.1) is 0 Å². The van der Waals surface area contributed by atoms with Crippen molar-refractivity contribution in [3.05, 3.63) is 66.0 Å². The molecule has 0 fully saturated rings. The SMILES string of the molecule is C/C=C/C(=O)NC(c1ccc(F)cc1)c1nccn1C. The first-order valence-electron chi connectivity index (χ1n) is 6.27. The van der Waals surface area contributed by atoms with Crippen LogP contribution in [0, 0.1) is 5.82 Å². The van der Waals surface area contributed by atoms with Crippen LogP contribution in [-0.2, 0) is 11.8 Å². The maximum Gasteiger partial charge on any atom is 0.244 e. The lowest BCUT2D eigenvalue weighted by atomic mass is 10.1. The van der Waals surface area contributed by atoms with Gasteiger partial charge in [0.2, 0.25) is 5.91 Å². The van der Waals surface area contributed by atoms with Gasteiger partial charge < -0.3 is 9.88 Å². The van der Waals surface area contributed by atoms with E-state index in [1.54, 1.807) is 37.5 Å². The molecule has 20 heavy (non-hydrogen) atoms. The van der Waals surface area contributed by atoms with E-state index in [0.717, 1.165) is 5.56 Å². The number of benzene rings is 1. The van der Waals surface area contributed by atoms with E-state index < -0.39 is 6.04 Å². The fourth-order valence-corrected chi connectivity index (χ4v) is 1.95. The second kappa shape index (κ2) is 6.14. The minimum atomic E-state index is -0.417. The topological polar surface area (TPSA) is 46.9 Å². The first kappa shape index (κ1) is 14.0. The molecule has 2 aromatic rings. The summed E-state index contributed by atoms with van der Waals surface area (Å²) in [5, 5.41) is 2.87. The highest BCUT2D eigenvalue weighted by Gasteiger charge is 2.19. The average Bonchev–Trinajstić information content (AvgIpc) is 2.84. The van der Waals surface area contributed by atoms with Crippen LogP contribution in [0.5, 0.6) is 0 Å². The van der Waals surface area contributed by atoms with Crippen LogP contribution >= 0.6 is 0 Å². The smallest absolute Gasteiger partial charge is 0.244 e. The Balaban J connectivity index is 2.36. The van der Waals surface area contributed by atoms with Crippen LogP contribution in [0.1, 0.15) is 24.4 Å². The number of amides is 1. The van der Waals surface area contributed by atoms with E-state index in [1.807, 2.05) is 11.6 Å². The lowest BCUT2D eigenvalue weighted by molar-refractivity contribution is -0.117. The molecule has 1 atom stereocenters. The predicted molar refractivity (Wildman–Crippen MR) is 74.4 cm³/mol. The molecule has 4 nitrogen and oxygen atoms in total. The maximum atomic E-state index is 13.0. The van der Waals surface area contributed by atoms with Crippen molar-refractivity contribution in [2.45, 2.75) is 13.0 Å². The average molecular weight is 273 g/mol. The van der Waals surface area contributed by atoms with Gasteiger partial charge in [-0.3, -0.25) is 4.79 Å². The van der Waals surface area contributed by atoms with Crippen LogP contribution in [0.15, 0.2) is 48.8 Å². The monoisotopic (exact) mass is 273 g/mol. The van der Waals surface area contributed by atoms with Gasteiger partial charge in [-0.25, -0.2) is 9.37 Å². The molecule has 2 rings (SSSR count). The molecule has 104 valence electrons. The van der Waals surface area contributed by atoms with Crippen LogP contribution < -0.4 is 5.32 Å². The molecule has 1 unspecified atom stereocenters. The Morgan fingerprint density at radius 3 is 2.65 bits per heavy atom. The van der Waals surface area contributed by atoms with Crippen LogP contribution in [0.3, 0.4) is 0 Å². The van der Waals surface area contributed by atoms with E-state index in [4.69, 9.17) is 0 Å². The Bertz CT molecular complexity index is 616. The molecular formula is C15H16FN3O. The molecule has 1 aromatic heterocycles. The highest BCUT2D eigenvalue weighted by molar-refractivity contribution is 5.87. The van der Waals surface area contributed by atoms with Crippen molar-refractivity contribution < 1.29 is 9.18 Å². The van der Waals surface area contributed by atoms with E-state index >= 15 is 0 Å². The molecular weight excluding hydrogens is 257 g/mol. The zero-order valence-corrected chi connectivity index (χ0v) is 11.4. The van der Waals surface area contributed by atoms with Crippen LogP contribution in [-0.4, -0.2) is 15.5 Å². The summed E-state index contributed by atoms with van der Waals surface area (Å²) in [6.07, 6.45) is 6.57. The molecule has 0 radical (unpaired) electrons. The van der Waals surface area contributed by atoms with Gasteiger partial charge in [0.1, 0.15) is 17.7 Å². The van der Waals surface area contributed by atoms with Crippen LogP contribution in [0.2, 0.25) is 0 Å². The molecule has 0 aliphatic rings. The minimum Gasteiger partial charge on any atom is -0.339 e. The lowest BCUT2D eigenvalue weighted by Crippen LogP contribution is -2.29. The maximum absolute atomic E-state index is 13.0. The number of aromatic nitrogens is 2. The van der Waals surface area contributed by atoms with Crippen molar-refractivity contribution in [2.24, 2.45) is 7.05 Å². The van der Waals surface area contributed by atoms with E-state index in [9.17, 15) is 9.18 Å². The molecule has 0 saturated carbocycles. The third-order valence-electron chi connectivity index (χ3n) is 2.92. The predicted octanol–water partition coefficient (Wildman–Crippen LogP) is 2.34. The van der Waals surface area contributed by atoms with Crippen LogP contribution in [0.4, 0.5) is 4.39 Å². The summed E-state index contributed by atoms with van der Waals surface area (Å²) in [5.74, 6) is 0.159. The Morgan fingerprint density at radius 2 is 2.10 bits per heavy atom. The highest BCUT2D eigenvalue weighted by atomic mass is 19.1. The van der Waals surface area contributed by atoms with Gasteiger partial charge in [-0.05, 0) is 30.7 Å². The summed E-state index contributed by atoms with van der Waals surface area (Å²) in [6, 6.07) is 5.61. The Kier molecular flexibility index (Phi) is 4.30. The number of imidazole rings is 1. The largest absolute Gasteiger partial charge is 0.339 e. The normalized spacial score (nSPS) is 12.6. The minimum absolute atomic E-state index is 0.218. The lowest BCUT2D eigenvalue weighted by Gasteiger charge is -2.18. The Labute approximate surface area is 117 Å². The van der Waals surface area contributed by atoms with Gasteiger partial charge in [-0.2, -0.15) is 0 Å². The van der Waals surface area contributed by atoms with Crippen molar-refractivity contribution in [2.75, 3.05) is 0 Å². The molecule has 5 heteroatoms. The van der Waals surface area contributed by atoms with Crippen molar-refractivity contribution in [3.8, 4) is 0 Å². The van der Waals surface area contributed by atoms with Crippen molar-refractivity contribution >= 4 is 5.91 Å². The summed E-state index contributed by atoms with van der Waals surface area (Å²) in [7, 11) is 1.85. The molecule has 1 aromatic carbocycles. The number of aryl methyl sites for hydroxylation is 1. The van der Waals surface area contributed by atoms with E-state index in [2.05, 4.69) is 10.3 Å². The molecule has 0 saturated heterocycles. The fraction of sp³-hybridized carbons (Fsp3) is 0.200.